The van der Waals surface area contributed by atoms with Crippen molar-refractivity contribution in [1.82, 2.24) is 9.88 Å². The third-order valence-corrected chi connectivity index (χ3v) is 2.46. The smallest absolute Gasteiger partial charge is 0.0584 e. The summed E-state index contributed by atoms with van der Waals surface area (Å²) in [5.74, 6) is 0. The molecule has 0 amide bonds. The van der Waals surface area contributed by atoms with Crippen molar-refractivity contribution in [3.05, 3.63) is 30.1 Å². The number of aliphatic hydroxyl groups excluding tert-OH is 1. The summed E-state index contributed by atoms with van der Waals surface area (Å²) in [6, 6.07) is 6.16. The van der Waals surface area contributed by atoms with Crippen molar-refractivity contribution in [2.45, 2.75) is 19.4 Å². The molecule has 1 N–H and O–H groups in total. The highest BCUT2D eigenvalue weighted by atomic mass is 16.3. The van der Waals surface area contributed by atoms with E-state index in [4.69, 9.17) is 5.11 Å². The van der Waals surface area contributed by atoms with E-state index in [-0.39, 0.29) is 12.6 Å². The summed E-state index contributed by atoms with van der Waals surface area (Å²) in [5, 5.41) is 8.95. The second-order valence-corrected chi connectivity index (χ2v) is 3.58. The number of likely N-dealkylation sites (N-methyl/N-ethyl adjacent to an activating group) is 1. The first-order chi connectivity index (χ1) is 6.74. The van der Waals surface area contributed by atoms with Gasteiger partial charge < -0.3 is 10.0 Å². The minimum absolute atomic E-state index is 0.207. The Bertz CT molecular complexity index is 251. The third kappa shape index (κ3) is 3.44. The third-order valence-electron chi connectivity index (χ3n) is 2.46. The largest absolute Gasteiger partial charge is 0.395 e. The first kappa shape index (κ1) is 11.1. The minimum atomic E-state index is 0.207. The van der Waals surface area contributed by atoms with Crippen molar-refractivity contribution in [2.24, 2.45) is 0 Å². The first-order valence-electron chi connectivity index (χ1n) is 4.95. The molecule has 78 valence electrons. The number of nitrogens with zero attached hydrogens (tertiary/aromatic N) is 2. The van der Waals surface area contributed by atoms with Crippen LogP contribution in [0.25, 0.3) is 0 Å². The van der Waals surface area contributed by atoms with E-state index in [9.17, 15) is 0 Å². The molecule has 0 aliphatic heterocycles. The van der Waals surface area contributed by atoms with Gasteiger partial charge in [0.2, 0.25) is 0 Å². The van der Waals surface area contributed by atoms with E-state index < -0.39 is 0 Å². The molecule has 1 aromatic heterocycles. The summed E-state index contributed by atoms with van der Waals surface area (Å²) < 4.78 is 0. The van der Waals surface area contributed by atoms with Crippen LogP contribution in [-0.2, 0) is 6.42 Å². The number of aliphatic hydroxyl groups is 1. The van der Waals surface area contributed by atoms with Gasteiger partial charge in [-0.2, -0.15) is 0 Å². The molecule has 0 aromatic carbocycles. The van der Waals surface area contributed by atoms with Crippen LogP contribution in [0.1, 0.15) is 12.6 Å². The Morgan fingerprint density at radius 3 is 2.86 bits per heavy atom. The summed E-state index contributed by atoms with van der Waals surface area (Å²) in [6.45, 7) is 3.15. The molecule has 1 unspecified atom stereocenters. The zero-order valence-electron chi connectivity index (χ0n) is 8.85. The van der Waals surface area contributed by atoms with Gasteiger partial charge in [0, 0.05) is 30.9 Å². The van der Waals surface area contributed by atoms with E-state index in [1.165, 1.54) is 0 Å². The molecule has 1 aromatic rings. The summed E-state index contributed by atoms with van der Waals surface area (Å²) in [6.07, 6.45) is 2.74. The molecule has 0 fully saturated rings. The number of hydrogen-bond acceptors (Lipinski definition) is 3. The van der Waals surface area contributed by atoms with Gasteiger partial charge >= 0.3 is 0 Å². The van der Waals surface area contributed by atoms with Gasteiger partial charge in [-0.3, -0.25) is 4.98 Å². The predicted octanol–water partition coefficient (Wildman–Crippen LogP) is 0.937. The number of rotatable bonds is 5. The standard InChI is InChI=1S/C11H18N2O/c1-10(9-14)13(2)8-6-11-5-3-4-7-12-11/h3-5,7,10,14H,6,8-9H2,1-2H3. The van der Waals surface area contributed by atoms with Crippen LogP contribution in [0.3, 0.4) is 0 Å². The molecule has 0 saturated heterocycles. The van der Waals surface area contributed by atoms with Crippen LogP contribution in [0.2, 0.25) is 0 Å². The van der Waals surface area contributed by atoms with Crippen molar-refractivity contribution < 1.29 is 5.11 Å². The van der Waals surface area contributed by atoms with E-state index in [0.29, 0.717) is 0 Å². The fraction of sp³-hybridized carbons (Fsp3) is 0.545. The van der Waals surface area contributed by atoms with E-state index in [0.717, 1.165) is 18.7 Å². The molecule has 3 nitrogen and oxygen atoms in total. The zero-order valence-corrected chi connectivity index (χ0v) is 8.85. The fourth-order valence-corrected chi connectivity index (χ4v) is 1.20. The number of aromatic nitrogens is 1. The van der Waals surface area contributed by atoms with Crippen molar-refractivity contribution in [3.8, 4) is 0 Å². The Labute approximate surface area is 85.4 Å². The zero-order chi connectivity index (χ0) is 10.4. The summed E-state index contributed by atoms with van der Waals surface area (Å²) in [4.78, 5) is 6.38. The molecule has 0 aliphatic carbocycles. The van der Waals surface area contributed by atoms with Crippen molar-refractivity contribution in [3.63, 3.8) is 0 Å². The predicted molar refractivity (Wildman–Crippen MR) is 57.1 cm³/mol. The highest BCUT2D eigenvalue weighted by Gasteiger charge is 2.06. The van der Waals surface area contributed by atoms with E-state index in [1.807, 2.05) is 38.4 Å². The van der Waals surface area contributed by atoms with Gasteiger partial charge in [-0.05, 0) is 26.1 Å². The SMILES string of the molecule is CC(CO)N(C)CCc1ccccn1. The minimum Gasteiger partial charge on any atom is -0.395 e. The van der Waals surface area contributed by atoms with Gasteiger partial charge in [-0.15, -0.1) is 0 Å². The van der Waals surface area contributed by atoms with Crippen LogP contribution < -0.4 is 0 Å². The highest BCUT2D eigenvalue weighted by molar-refractivity contribution is 5.03. The van der Waals surface area contributed by atoms with Crippen LogP contribution in [0.15, 0.2) is 24.4 Å². The van der Waals surface area contributed by atoms with Crippen LogP contribution in [0.4, 0.5) is 0 Å². The molecule has 14 heavy (non-hydrogen) atoms. The molecule has 1 rings (SSSR count). The first-order valence-corrected chi connectivity index (χ1v) is 4.95. The maximum Gasteiger partial charge on any atom is 0.0584 e. The quantitative estimate of drug-likeness (QED) is 0.757. The van der Waals surface area contributed by atoms with Gasteiger partial charge in [-0.1, -0.05) is 6.07 Å². The molecule has 0 spiro atoms. The van der Waals surface area contributed by atoms with E-state index in [2.05, 4.69) is 9.88 Å². The van der Waals surface area contributed by atoms with Gasteiger partial charge in [0.1, 0.15) is 0 Å². The maximum atomic E-state index is 8.95. The summed E-state index contributed by atoms with van der Waals surface area (Å²) in [5.41, 5.74) is 1.10. The van der Waals surface area contributed by atoms with E-state index in [1.54, 1.807) is 0 Å². The van der Waals surface area contributed by atoms with Crippen LogP contribution in [0, 0.1) is 0 Å². The fourth-order valence-electron chi connectivity index (χ4n) is 1.20. The lowest BCUT2D eigenvalue weighted by Gasteiger charge is -2.22. The van der Waals surface area contributed by atoms with Crippen molar-refractivity contribution in [2.75, 3.05) is 20.2 Å². The molecule has 1 heterocycles. The van der Waals surface area contributed by atoms with Crippen LogP contribution in [0.5, 0.6) is 0 Å². The van der Waals surface area contributed by atoms with Gasteiger partial charge in [-0.25, -0.2) is 0 Å². The van der Waals surface area contributed by atoms with Crippen LogP contribution in [-0.4, -0.2) is 41.2 Å². The Morgan fingerprint density at radius 2 is 2.29 bits per heavy atom. The van der Waals surface area contributed by atoms with Gasteiger partial charge in [0.05, 0.1) is 6.61 Å². The lowest BCUT2D eigenvalue weighted by atomic mass is 10.2. The molecule has 0 bridgehead atoms. The maximum absolute atomic E-state index is 8.95. The summed E-state index contributed by atoms with van der Waals surface area (Å²) in [7, 11) is 2.02. The van der Waals surface area contributed by atoms with Gasteiger partial charge in [0.15, 0.2) is 0 Å². The number of hydrogen-bond donors (Lipinski definition) is 1. The Balaban J connectivity index is 2.34. The lowest BCUT2D eigenvalue weighted by Crippen LogP contribution is -2.33. The normalized spacial score (nSPS) is 13.1. The molecule has 3 heteroatoms. The van der Waals surface area contributed by atoms with E-state index >= 15 is 0 Å². The van der Waals surface area contributed by atoms with Crippen molar-refractivity contribution in [1.29, 1.82) is 0 Å². The Kier molecular flexibility index (Phi) is 4.56. The lowest BCUT2D eigenvalue weighted by molar-refractivity contribution is 0.160. The monoisotopic (exact) mass is 194 g/mol. The number of pyridine rings is 1. The molecule has 0 aliphatic rings. The van der Waals surface area contributed by atoms with Crippen LogP contribution >= 0.6 is 0 Å². The average molecular weight is 194 g/mol. The van der Waals surface area contributed by atoms with Gasteiger partial charge in [0.25, 0.3) is 0 Å². The molecule has 0 saturated carbocycles. The highest BCUT2D eigenvalue weighted by Crippen LogP contribution is 1.99. The molecular formula is C11H18N2O. The molecule has 0 radical (unpaired) electrons. The second kappa shape index (κ2) is 5.73. The Hall–Kier alpha value is -0.930. The second-order valence-electron chi connectivity index (χ2n) is 3.58. The summed E-state index contributed by atoms with van der Waals surface area (Å²) >= 11 is 0. The average Bonchev–Trinajstić information content (AvgIpc) is 2.26. The molecule has 1 atom stereocenters. The molecular weight excluding hydrogens is 176 g/mol. The topological polar surface area (TPSA) is 36.4 Å². The Morgan fingerprint density at radius 1 is 1.50 bits per heavy atom. The van der Waals surface area contributed by atoms with Crippen molar-refractivity contribution >= 4 is 0 Å².